The van der Waals surface area contributed by atoms with Crippen molar-refractivity contribution in [1.29, 1.82) is 0 Å². The van der Waals surface area contributed by atoms with Gasteiger partial charge in [-0.1, -0.05) is 11.6 Å². The number of rotatable bonds is 9. The van der Waals surface area contributed by atoms with E-state index in [-0.39, 0.29) is 10.6 Å². The summed E-state index contributed by atoms with van der Waals surface area (Å²) >= 11 is 5.66. The number of primary sulfonamides is 1. The second kappa shape index (κ2) is 8.41. The lowest BCUT2D eigenvalue weighted by Gasteiger charge is -2.16. The zero-order valence-electron chi connectivity index (χ0n) is 12.1. The Morgan fingerprint density at radius 1 is 1.20 bits per heavy atom. The second-order valence-corrected chi connectivity index (χ2v) is 6.19. The Bertz CT molecular complexity index is 765. The van der Waals surface area contributed by atoms with Gasteiger partial charge in [0.1, 0.15) is 24.2 Å². The molecule has 1 aromatic carbocycles. The van der Waals surface area contributed by atoms with Crippen LogP contribution in [0.15, 0.2) is 23.1 Å². The van der Waals surface area contributed by atoms with E-state index in [9.17, 15) is 33.4 Å². The second-order valence-electron chi connectivity index (χ2n) is 4.26. The van der Waals surface area contributed by atoms with Crippen LogP contribution in [-0.2, 0) is 24.4 Å². The van der Waals surface area contributed by atoms with Gasteiger partial charge in [-0.3, -0.25) is 0 Å². The van der Waals surface area contributed by atoms with Crippen molar-refractivity contribution in [1.82, 2.24) is 0 Å². The van der Waals surface area contributed by atoms with Crippen LogP contribution in [0.5, 0.6) is 0 Å². The average Bonchev–Trinajstić information content (AvgIpc) is 2.48. The Kier molecular flexibility index (Phi) is 6.84. The number of nitrogens with two attached hydrogens (primary N) is 1. The summed E-state index contributed by atoms with van der Waals surface area (Å²) in [7, 11) is -4.23. The number of hydrogen-bond donors (Lipinski definition) is 1. The number of carbonyl (C=O) groups excluding carboxylic acids is 1. The summed E-state index contributed by atoms with van der Waals surface area (Å²) in [6, 6.07) is 2.98. The summed E-state index contributed by atoms with van der Waals surface area (Å²) in [5.41, 5.74) is -0.319. The number of halogens is 1. The number of hydrogen-bond acceptors (Lipinski definition) is 10. The van der Waals surface area contributed by atoms with Crippen molar-refractivity contribution in [2.24, 2.45) is 5.14 Å². The summed E-state index contributed by atoms with van der Waals surface area (Å²) in [5.74, 6) is -1.16. The van der Waals surface area contributed by atoms with E-state index in [0.29, 0.717) is 0 Å². The highest BCUT2D eigenvalue weighted by Gasteiger charge is 2.22. The molecule has 138 valence electrons. The number of ether oxygens (including phenoxy) is 1. The highest BCUT2D eigenvalue weighted by atomic mass is 35.5. The molecule has 0 aliphatic heterocycles. The number of esters is 1. The lowest BCUT2D eigenvalue weighted by atomic mass is 10.2. The summed E-state index contributed by atoms with van der Waals surface area (Å²) < 4.78 is 27.5. The smallest absolute Gasteiger partial charge is 0.338 e. The third kappa shape index (κ3) is 6.74. The van der Waals surface area contributed by atoms with Gasteiger partial charge in [-0.15, -0.1) is 20.2 Å². The molecule has 13 nitrogen and oxygen atoms in total. The molecule has 0 bridgehead atoms. The molecular formula is C10H10ClN3O10S. The summed E-state index contributed by atoms with van der Waals surface area (Å²) in [4.78, 5) is 39.7. The van der Waals surface area contributed by atoms with Crippen molar-refractivity contribution >= 4 is 27.6 Å². The molecule has 1 rings (SSSR count). The van der Waals surface area contributed by atoms with Crippen molar-refractivity contribution < 1.29 is 37.8 Å². The zero-order valence-corrected chi connectivity index (χ0v) is 13.6. The molecule has 25 heavy (non-hydrogen) atoms. The molecule has 0 aliphatic carbocycles. The van der Waals surface area contributed by atoms with Gasteiger partial charge in [0.05, 0.1) is 10.6 Å². The largest absolute Gasteiger partial charge is 0.455 e. The van der Waals surface area contributed by atoms with E-state index in [0.717, 1.165) is 18.2 Å². The molecule has 0 heterocycles. The molecule has 0 radical (unpaired) electrons. The molecule has 0 aliphatic rings. The lowest BCUT2D eigenvalue weighted by Crippen LogP contribution is -2.30. The number of sulfonamides is 1. The fourth-order valence-electron chi connectivity index (χ4n) is 1.47. The van der Waals surface area contributed by atoms with E-state index in [1.165, 1.54) is 0 Å². The van der Waals surface area contributed by atoms with Crippen LogP contribution in [0.1, 0.15) is 10.4 Å². The van der Waals surface area contributed by atoms with E-state index in [1.807, 2.05) is 0 Å². The Labute approximate surface area is 144 Å². The van der Waals surface area contributed by atoms with Gasteiger partial charge in [-0.25, -0.2) is 18.4 Å². The third-order valence-electron chi connectivity index (χ3n) is 2.48. The van der Waals surface area contributed by atoms with Gasteiger partial charge in [0.25, 0.3) is 10.2 Å². The minimum absolute atomic E-state index is 0.246. The first-order chi connectivity index (χ1) is 11.5. The molecule has 2 N–H and O–H groups in total. The lowest BCUT2D eigenvalue weighted by molar-refractivity contribution is -0.768. The van der Waals surface area contributed by atoms with Crippen LogP contribution in [0.3, 0.4) is 0 Å². The predicted octanol–water partition coefficient (Wildman–Crippen LogP) is -0.0706. The van der Waals surface area contributed by atoms with Crippen molar-refractivity contribution in [3.63, 3.8) is 0 Å². The molecule has 0 fully saturated rings. The Balaban J connectivity index is 2.95. The Morgan fingerprint density at radius 3 is 2.16 bits per heavy atom. The summed E-state index contributed by atoms with van der Waals surface area (Å²) in [5, 5.41) is 22.6. The molecule has 0 aromatic heterocycles. The number of benzene rings is 1. The van der Waals surface area contributed by atoms with Crippen molar-refractivity contribution in [2.75, 3.05) is 13.2 Å². The highest BCUT2D eigenvalue weighted by Crippen LogP contribution is 2.22. The first kappa shape index (κ1) is 20.3. The maximum atomic E-state index is 12.0. The van der Waals surface area contributed by atoms with E-state index in [4.69, 9.17) is 21.5 Å². The number of carbonyl (C=O) groups is 1. The SMILES string of the molecule is NS(=O)(=O)c1cc(C(=O)OC(CO[N+](=O)[O-])CO[N+](=O)[O-])ccc1Cl. The van der Waals surface area contributed by atoms with Crippen LogP contribution in [0.25, 0.3) is 0 Å². The molecular weight excluding hydrogens is 390 g/mol. The summed E-state index contributed by atoms with van der Waals surface area (Å²) in [6.07, 6.45) is -1.52. The maximum Gasteiger partial charge on any atom is 0.338 e. The molecule has 0 amide bonds. The fourth-order valence-corrected chi connectivity index (χ4v) is 2.54. The van der Waals surface area contributed by atoms with Gasteiger partial charge in [-0.2, -0.15) is 0 Å². The van der Waals surface area contributed by atoms with Crippen LogP contribution in [0.2, 0.25) is 5.02 Å². The van der Waals surface area contributed by atoms with Crippen molar-refractivity contribution in [2.45, 2.75) is 11.0 Å². The topological polar surface area (TPSA) is 191 Å². The van der Waals surface area contributed by atoms with Gasteiger partial charge in [0.2, 0.25) is 10.0 Å². The molecule has 1 aromatic rings. The van der Waals surface area contributed by atoms with E-state index in [1.54, 1.807) is 0 Å². The van der Waals surface area contributed by atoms with Gasteiger partial charge in [0, 0.05) is 0 Å². The molecule has 0 unspecified atom stereocenters. The van der Waals surface area contributed by atoms with E-state index in [2.05, 4.69) is 9.68 Å². The predicted molar refractivity (Wildman–Crippen MR) is 77.9 cm³/mol. The monoisotopic (exact) mass is 399 g/mol. The van der Waals surface area contributed by atoms with E-state index >= 15 is 0 Å². The average molecular weight is 400 g/mol. The number of nitrogens with zero attached hydrogens (tertiary/aromatic N) is 2. The normalized spacial score (nSPS) is 11.0. The van der Waals surface area contributed by atoms with Crippen LogP contribution in [-0.4, -0.2) is 43.9 Å². The van der Waals surface area contributed by atoms with Gasteiger partial charge >= 0.3 is 5.97 Å². The first-order valence-corrected chi connectivity index (χ1v) is 8.01. The van der Waals surface area contributed by atoms with Crippen LogP contribution in [0, 0.1) is 20.2 Å². The fraction of sp³-hybridized carbons (Fsp3) is 0.300. The minimum atomic E-state index is -4.23. The van der Waals surface area contributed by atoms with Gasteiger partial charge in [-0.05, 0) is 18.2 Å². The van der Waals surface area contributed by atoms with Crippen molar-refractivity contribution in [3.05, 3.63) is 49.0 Å². The molecule has 0 saturated carbocycles. The Hall–Kier alpha value is -2.71. The van der Waals surface area contributed by atoms with Gasteiger partial charge in [0.15, 0.2) is 0 Å². The molecule has 0 spiro atoms. The molecule has 15 heteroatoms. The van der Waals surface area contributed by atoms with Crippen molar-refractivity contribution in [3.8, 4) is 0 Å². The van der Waals surface area contributed by atoms with Gasteiger partial charge < -0.3 is 14.4 Å². The van der Waals surface area contributed by atoms with Crippen LogP contribution in [0.4, 0.5) is 0 Å². The Morgan fingerprint density at radius 2 is 1.72 bits per heavy atom. The van der Waals surface area contributed by atoms with Crippen LogP contribution < -0.4 is 5.14 Å². The summed E-state index contributed by atoms with van der Waals surface area (Å²) in [6.45, 7) is -1.69. The van der Waals surface area contributed by atoms with E-state index < -0.39 is 50.4 Å². The zero-order chi connectivity index (χ0) is 19.2. The highest BCUT2D eigenvalue weighted by molar-refractivity contribution is 7.89. The molecule has 0 saturated heterocycles. The standard InChI is InChI=1S/C10H10ClN3O10S/c11-8-2-1-6(3-9(8)25(12,20)21)10(15)24-7(4-22-13(16)17)5-23-14(18)19/h1-3,7H,4-5H2,(H2,12,20,21). The first-order valence-electron chi connectivity index (χ1n) is 6.08. The molecule has 0 atom stereocenters. The quantitative estimate of drug-likeness (QED) is 0.333. The minimum Gasteiger partial charge on any atom is -0.455 e. The maximum absolute atomic E-state index is 12.0. The van der Waals surface area contributed by atoms with Crippen LogP contribution >= 0.6 is 11.6 Å². The third-order valence-corrected chi connectivity index (χ3v) is 3.87.